The van der Waals surface area contributed by atoms with Crippen molar-refractivity contribution in [1.29, 1.82) is 0 Å². The predicted octanol–water partition coefficient (Wildman–Crippen LogP) is 3.13. The SMILES string of the molecule is CCc1cc(CC)c(C)c(C(=O)O)c1C. The first kappa shape index (κ1) is 11.8. The van der Waals surface area contributed by atoms with Crippen LogP contribution in [0.5, 0.6) is 0 Å². The largest absolute Gasteiger partial charge is 0.478 e. The number of carboxylic acid groups (broad SMARTS) is 1. The van der Waals surface area contributed by atoms with Crippen LogP contribution in [0.1, 0.15) is 46.5 Å². The lowest BCUT2D eigenvalue weighted by molar-refractivity contribution is 0.0695. The maximum absolute atomic E-state index is 11.2. The van der Waals surface area contributed by atoms with Gasteiger partial charge >= 0.3 is 5.97 Å². The van der Waals surface area contributed by atoms with Gasteiger partial charge in [0.05, 0.1) is 5.56 Å². The van der Waals surface area contributed by atoms with E-state index in [0.717, 1.165) is 35.1 Å². The van der Waals surface area contributed by atoms with Gasteiger partial charge in [-0.3, -0.25) is 0 Å². The Morgan fingerprint density at radius 3 is 1.80 bits per heavy atom. The molecule has 0 amide bonds. The maximum Gasteiger partial charge on any atom is 0.336 e. The van der Waals surface area contributed by atoms with Gasteiger partial charge in [0.2, 0.25) is 0 Å². The molecule has 1 N–H and O–H groups in total. The van der Waals surface area contributed by atoms with Gasteiger partial charge in [0.15, 0.2) is 0 Å². The second kappa shape index (κ2) is 4.47. The Balaban J connectivity index is 3.53. The van der Waals surface area contributed by atoms with E-state index < -0.39 is 5.97 Å². The van der Waals surface area contributed by atoms with Gasteiger partial charge < -0.3 is 5.11 Å². The van der Waals surface area contributed by atoms with Gasteiger partial charge in [-0.25, -0.2) is 4.79 Å². The molecule has 0 aliphatic carbocycles. The van der Waals surface area contributed by atoms with E-state index in [1.807, 2.05) is 13.8 Å². The number of hydrogen-bond donors (Lipinski definition) is 1. The Morgan fingerprint density at radius 2 is 1.53 bits per heavy atom. The summed E-state index contributed by atoms with van der Waals surface area (Å²) in [5, 5.41) is 9.19. The highest BCUT2D eigenvalue weighted by molar-refractivity contribution is 5.92. The fraction of sp³-hybridized carbons (Fsp3) is 0.462. The van der Waals surface area contributed by atoms with Crippen LogP contribution in [0.4, 0.5) is 0 Å². The topological polar surface area (TPSA) is 37.3 Å². The summed E-state index contributed by atoms with van der Waals surface area (Å²) in [5.41, 5.74) is 4.62. The van der Waals surface area contributed by atoms with Crippen LogP contribution in [-0.2, 0) is 12.8 Å². The van der Waals surface area contributed by atoms with Crippen molar-refractivity contribution in [2.45, 2.75) is 40.5 Å². The molecule has 0 atom stereocenters. The lowest BCUT2D eigenvalue weighted by Crippen LogP contribution is -2.08. The number of carbonyl (C=O) groups is 1. The van der Waals surface area contributed by atoms with E-state index in [1.54, 1.807) is 0 Å². The minimum Gasteiger partial charge on any atom is -0.478 e. The molecule has 0 radical (unpaired) electrons. The van der Waals surface area contributed by atoms with Crippen molar-refractivity contribution in [3.05, 3.63) is 33.9 Å². The van der Waals surface area contributed by atoms with E-state index in [9.17, 15) is 9.90 Å². The average Bonchev–Trinajstić information content (AvgIpc) is 2.18. The average molecular weight is 206 g/mol. The summed E-state index contributed by atoms with van der Waals surface area (Å²) < 4.78 is 0. The summed E-state index contributed by atoms with van der Waals surface area (Å²) in [6.45, 7) is 7.91. The molecule has 0 aliphatic rings. The Morgan fingerprint density at radius 1 is 1.13 bits per heavy atom. The third kappa shape index (κ3) is 2.04. The first-order chi connectivity index (χ1) is 7.02. The van der Waals surface area contributed by atoms with Gasteiger partial charge in [0.1, 0.15) is 0 Å². The molecule has 0 saturated carbocycles. The Labute approximate surface area is 90.9 Å². The summed E-state index contributed by atoms with van der Waals surface area (Å²) in [6.07, 6.45) is 1.78. The molecule has 0 fully saturated rings. The Bertz CT molecular complexity index is 364. The van der Waals surface area contributed by atoms with Crippen LogP contribution in [-0.4, -0.2) is 11.1 Å². The van der Waals surface area contributed by atoms with Crippen LogP contribution in [0.2, 0.25) is 0 Å². The lowest BCUT2D eigenvalue weighted by Gasteiger charge is -2.14. The molecular formula is C13H18O2. The van der Waals surface area contributed by atoms with Crippen molar-refractivity contribution in [2.24, 2.45) is 0 Å². The molecule has 15 heavy (non-hydrogen) atoms. The molecule has 82 valence electrons. The predicted molar refractivity (Wildman–Crippen MR) is 61.6 cm³/mol. The van der Waals surface area contributed by atoms with Crippen LogP contribution < -0.4 is 0 Å². The summed E-state index contributed by atoms with van der Waals surface area (Å²) in [4.78, 5) is 11.2. The molecule has 2 nitrogen and oxygen atoms in total. The third-order valence-electron chi connectivity index (χ3n) is 3.04. The van der Waals surface area contributed by atoms with Crippen LogP contribution >= 0.6 is 0 Å². The van der Waals surface area contributed by atoms with Gasteiger partial charge in [-0.1, -0.05) is 19.9 Å². The Hall–Kier alpha value is -1.31. The molecule has 0 saturated heterocycles. The molecule has 0 spiro atoms. The van der Waals surface area contributed by atoms with E-state index in [-0.39, 0.29) is 0 Å². The quantitative estimate of drug-likeness (QED) is 0.825. The van der Waals surface area contributed by atoms with Crippen molar-refractivity contribution < 1.29 is 9.90 Å². The fourth-order valence-electron chi connectivity index (χ4n) is 2.08. The van der Waals surface area contributed by atoms with Crippen LogP contribution in [0, 0.1) is 13.8 Å². The van der Waals surface area contributed by atoms with Crippen molar-refractivity contribution >= 4 is 5.97 Å². The lowest BCUT2D eigenvalue weighted by atomic mass is 9.91. The number of aromatic carboxylic acids is 1. The minimum absolute atomic E-state index is 0.492. The van der Waals surface area contributed by atoms with Gasteiger partial charge in [-0.15, -0.1) is 0 Å². The molecule has 1 rings (SSSR count). The molecule has 0 bridgehead atoms. The van der Waals surface area contributed by atoms with Crippen molar-refractivity contribution in [3.8, 4) is 0 Å². The van der Waals surface area contributed by atoms with E-state index >= 15 is 0 Å². The first-order valence-corrected chi connectivity index (χ1v) is 5.38. The molecule has 1 aromatic rings. The highest BCUT2D eigenvalue weighted by Gasteiger charge is 2.15. The van der Waals surface area contributed by atoms with Crippen LogP contribution in [0.25, 0.3) is 0 Å². The second-order valence-electron chi connectivity index (χ2n) is 3.83. The van der Waals surface area contributed by atoms with Crippen LogP contribution in [0.15, 0.2) is 6.07 Å². The molecule has 0 heterocycles. The zero-order chi connectivity index (χ0) is 11.6. The number of rotatable bonds is 3. The van der Waals surface area contributed by atoms with Crippen LogP contribution in [0.3, 0.4) is 0 Å². The summed E-state index contributed by atoms with van der Waals surface area (Å²) in [7, 11) is 0. The minimum atomic E-state index is -0.810. The standard InChI is InChI=1S/C13H18O2/c1-5-10-7-11(6-2)9(4)12(8(10)3)13(14)15/h7H,5-6H2,1-4H3,(H,14,15). The molecule has 0 aliphatic heterocycles. The Kier molecular flexibility index (Phi) is 3.51. The van der Waals surface area contributed by atoms with Gasteiger partial charge in [-0.05, 0) is 48.9 Å². The summed E-state index contributed by atoms with van der Waals surface area (Å²) in [5.74, 6) is -0.810. The van der Waals surface area contributed by atoms with E-state index in [2.05, 4.69) is 19.9 Å². The molecule has 0 aromatic heterocycles. The van der Waals surface area contributed by atoms with Crippen molar-refractivity contribution in [3.63, 3.8) is 0 Å². The molecule has 2 heteroatoms. The van der Waals surface area contributed by atoms with Gasteiger partial charge in [-0.2, -0.15) is 0 Å². The smallest absolute Gasteiger partial charge is 0.336 e. The number of carboxylic acids is 1. The first-order valence-electron chi connectivity index (χ1n) is 5.38. The number of benzene rings is 1. The van der Waals surface area contributed by atoms with E-state index in [4.69, 9.17) is 0 Å². The fourth-order valence-corrected chi connectivity index (χ4v) is 2.08. The maximum atomic E-state index is 11.2. The summed E-state index contributed by atoms with van der Waals surface area (Å²) in [6, 6.07) is 2.14. The van der Waals surface area contributed by atoms with E-state index in [1.165, 1.54) is 0 Å². The monoisotopic (exact) mass is 206 g/mol. The summed E-state index contributed by atoms with van der Waals surface area (Å²) >= 11 is 0. The highest BCUT2D eigenvalue weighted by atomic mass is 16.4. The number of aryl methyl sites for hydroxylation is 2. The molecule has 0 unspecified atom stereocenters. The molecule has 1 aromatic carbocycles. The zero-order valence-electron chi connectivity index (χ0n) is 9.85. The van der Waals surface area contributed by atoms with E-state index in [0.29, 0.717) is 5.56 Å². The zero-order valence-corrected chi connectivity index (χ0v) is 9.85. The van der Waals surface area contributed by atoms with Gasteiger partial charge in [0.25, 0.3) is 0 Å². The van der Waals surface area contributed by atoms with Gasteiger partial charge in [0, 0.05) is 0 Å². The normalized spacial score (nSPS) is 10.4. The van der Waals surface area contributed by atoms with Crippen molar-refractivity contribution in [1.82, 2.24) is 0 Å². The van der Waals surface area contributed by atoms with Crippen molar-refractivity contribution in [2.75, 3.05) is 0 Å². The molecular weight excluding hydrogens is 188 g/mol. The third-order valence-corrected chi connectivity index (χ3v) is 3.04. The highest BCUT2D eigenvalue weighted by Crippen LogP contribution is 2.23. The second-order valence-corrected chi connectivity index (χ2v) is 3.83. The number of hydrogen-bond acceptors (Lipinski definition) is 1.